The molecule has 84 valence electrons. The number of nitrogens with zero attached hydrogens (tertiary/aromatic N) is 2. The average molecular weight is 280 g/mol. The van der Waals surface area contributed by atoms with Gasteiger partial charge in [0.25, 0.3) is 0 Å². The van der Waals surface area contributed by atoms with Gasteiger partial charge in [-0.3, -0.25) is 0 Å². The van der Waals surface area contributed by atoms with Gasteiger partial charge in [-0.1, -0.05) is 18.2 Å². The summed E-state index contributed by atoms with van der Waals surface area (Å²) in [4.78, 5) is 0. The smallest absolute Gasteiger partial charge is 0.0693 e. The van der Waals surface area contributed by atoms with Crippen LogP contribution in [-0.2, 0) is 0 Å². The van der Waals surface area contributed by atoms with Gasteiger partial charge < -0.3 is 5.32 Å². The Kier molecular flexibility index (Phi) is 3.41. The highest BCUT2D eigenvalue weighted by molar-refractivity contribution is 9.10. The summed E-state index contributed by atoms with van der Waals surface area (Å²) in [6.45, 7) is 2.14. The molecule has 0 bridgehead atoms. The molecule has 1 aromatic carbocycles. The lowest BCUT2D eigenvalue weighted by molar-refractivity contribution is 0.644. The Morgan fingerprint density at radius 3 is 2.75 bits per heavy atom. The summed E-state index contributed by atoms with van der Waals surface area (Å²) in [5.41, 5.74) is 2.34. The van der Waals surface area contributed by atoms with Crippen molar-refractivity contribution < 1.29 is 0 Å². The van der Waals surface area contributed by atoms with Crippen LogP contribution in [0.5, 0.6) is 0 Å². The van der Waals surface area contributed by atoms with Gasteiger partial charge in [0.05, 0.1) is 16.4 Å². The summed E-state index contributed by atoms with van der Waals surface area (Å²) < 4.78 is 2.87. The van der Waals surface area contributed by atoms with E-state index in [-0.39, 0.29) is 0 Å². The van der Waals surface area contributed by atoms with Gasteiger partial charge in [0.1, 0.15) is 0 Å². The molecule has 4 heteroatoms. The number of para-hydroxylation sites is 1. The molecule has 1 N–H and O–H groups in total. The molecule has 0 aliphatic rings. The molecule has 2 rings (SSSR count). The molecule has 0 radical (unpaired) electrons. The SMILES string of the molecule is CNC(C)c1ccccc1-n1cc(Br)cn1. The summed E-state index contributed by atoms with van der Waals surface area (Å²) in [6, 6.07) is 8.57. The predicted octanol–water partition coefficient (Wildman–Crippen LogP) is 2.92. The Labute approximate surface area is 104 Å². The topological polar surface area (TPSA) is 29.9 Å². The van der Waals surface area contributed by atoms with Crippen LogP contribution >= 0.6 is 15.9 Å². The number of hydrogen-bond donors (Lipinski definition) is 1. The fourth-order valence-corrected chi connectivity index (χ4v) is 1.94. The highest BCUT2D eigenvalue weighted by Gasteiger charge is 2.10. The Morgan fingerprint density at radius 2 is 2.12 bits per heavy atom. The molecular formula is C12H14BrN3. The van der Waals surface area contributed by atoms with Crippen molar-refractivity contribution in [1.82, 2.24) is 15.1 Å². The molecule has 16 heavy (non-hydrogen) atoms. The third-order valence-electron chi connectivity index (χ3n) is 2.63. The van der Waals surface area contributed by atoms with Crippen LogP contribution < -0.4 is 5.32 Å². The quantitative estimate of drug-likeness (QED) is 0.936. The van der Waals surface area contributed by atoms with Crippen molar-refractivity contribution in [2.45, 2.75) is 13.0 Å². The van der Waals surface area contributed by atoms with Crippen LogP contribution in [0, 0.1) is 0 Å². The second-order valence-electron chi connectivity index (χ2n) is 3.67. The van der Waals surface area contributed by atoms with E-state index in [9.17, 15) is 0 Å². The minimum absolute atomic E-state index is 0.305. The largest absolute Gasteiger partial charge is 0.313 e. The van der Waals surface area contributed by atoms with Crippen LogP contribution in [-0.4, -0.2) is 16.8 Å². The summed E-state index contributed by atoms with van der Waals surface area (Å²) in [5.74, 6) is 0. The van der Waals surface area contributed by atoms with Crippen LogP contribution in [0.2, 0.25) is 0 Å². The highest BCUT2D eigenvalue weighted by atomic mass is 79.9. The van der Waals surface area contributed by atoms with Gasteiger partial charge in [0.15, 0.2) is 0 Å². The average Bonchev–Trinajstić information content (AvgIpc) is 2.75. The molecule has 2 aromatic rings. The molecule has 3 nitrogen and oxygen atoms in total. The van der Waals surface area contributed by atoms with E-state index in [1.165, 1.54) is 5.56 Å². The second-order valence-corrected chi connectivity index (χ2v) is 4.59. The first kappa shape index (κ1) is 11.4. The van der Waals surface area contributed by atoms with E-state index >= 15 is 0 Å². The summed E-state index contributed by atoms with van der Waals surface area (Å²) in [7, 11) is 1.96. The van der Waals surface area contributed by atoms with E-state index in [0.29, 0.717) is 6.04 Å². The fraction of sp³-hybridized carbons (Fsp3) is 0.250. The first-order valence-electron chi connectivity index (χ1n) is 5.19. The summed E-state index contributed by atoms with van der Waals surface area (Å²) in [6.07, 6.45) is 3.75. The van der Waals surface area contributed by atoms with Crippen molar-refractivity contribution in [1.29, 1.82) is 0 Å². The number of halogens is 1. The minimum atomic E-state index is 0.305. The van der Waals surface area contributed by atoms with Crippen LogP contribution in [0.15, 0.2) is 41.1 Å². The van der Waals surface area contributed by atoms with Crippen molar-refractivity contribution in [2.75, 3.05) is 7.05 Å². The Hall–Kier alpha value is -1.13. The molecule has 0 saturated heterocycles. The van der Waals surface area contributed by atoms with E-state index in [0.717, 1.165) is 10.2 Å². The lowest BCUT2D eigenvalue weighted by atomic mass is 10.1. The maximum absolute atomic E-state index is 4.31. The zero-order chi connectivity index (χ0) is 11.5. The lowest BCUT2D eigenvalue weighted by Gasteiger charge is -2.15. The number of aromatic nitrogens is 2. The first-order valence-corrected chi connectivity index (χ1v) is 5.98. The van der Waals surface area contributed by atoms with Crippen LogP contribution in [0.25, 0.3) is 5.69 Å². The van der Waals surface area contributed by atoms with Crippen LogP contribution in [0.1, 0.15) is 18.5 Å². The Bertz CT molecular complexity index is 479. The number of benzene rings is 1. The maximum Gasteiger partial charge on any atom is 0.0693 e. The minimum Gasteiger partial charge on any atom is -0.313 e. The van der Waals surface area contributed by atoms with Crippen LogP contribution in [0.3, 0.4) is 0 Å². The van der Waals surface area contributed by atoms with E-state index in [1.54, 1.807) is 6.20 Å². The molecule has 0 aliphatic heterocycles. The van der Waals surface area contributed by atoms with Gasteiger partial charge in [-0.15, -0.1) is 0 Å². The van der Waals surface area contributed by atoms with E-state index < -0.39 is 0 Å². The normalized spacial score (nSPS) is 12.7. The van der Waals surface area contributed by atoms with Crippen molar-refractivity contribution in [3.63, 3.8) is 0 Å². The van der Waals surface area contributed by atoms with E-state index in [1.807, 2.05) is 30.1 Å². The fourth-order valence-electron chi connectivity index (χ4n) is 1.65. The van der Waals surface area contributed by atoms with Gasteiger partial charge in [0, 0.05) is 12.2 Å². The van der Waals surface area contributed by atoms with Gasteiger partial charge in [-0.2, -0.15) is 5.10 Å². The van der Waals surface area contributed by atoms with Gasteiger partial charge in [-0.05, 0) is 41.5 Å². The molecule has 0 aliphatic carbocycles. The number of hydrogen-bond acceptors (Lipinski definition) is 2. The number of rotatable bonds is 3. The zero-order valence-corrected chi connectivity index (χ0v) is 10.9. The molecule has 1 atom stereocenters. The molecule has 0 spiro atoms. The zero-order valence-electron chi connectivity index (χ0n) is 9.31. The molecule has 0 amide bonds. The van der Waals surface area contributed by atoms with Crippen molar-refractivity contribution in [3.05, 3.63) is 46.7 Å². The molecular weight excluding hydrogens is 266 g/mol. The third-order valence-corrected chi connectivity index (χ3v) is 3.04. The molecule has 0 fully saturated rings. The van der Waals surface area contributed by atoms with E-state index in [2.05, 4.69) is 45.4 Å². The van der Waals surface area contributed by atoms with Gasteiger partial charge in [-0.25, -0.2) is 4.68 Å². The monoisotopic (exact) mass is 279 g/mol. The van der Waals surface area contributed by atoms with Crippen molar-refractivity contribution in [2.24, 2.45) is 0 Å². The standard InChI is InChI=1S/C12H14BrN3/c1-9(14-2)11-5-3-4-6-12(11)16-8-10(13)7-15-16/h3-9,14H,1-2H3. The summed E-state index contributed by atoms with van der Waals surface area (Å²) in [5, 5.41) is 7.55. The van der Waals surface area contributed by atoms with Crippen molar-refractivity contribution >= 4 is 15.9 Å². The molecule has 1 heterocycles. The highest BCUT2D eigenvalue weighted by Crippen LogP contribution is 2.21. The number of nitrogens with one attached hydrogen (secondary N) is 1. The third kappa shape index (κ3) is 2.18. The van der Waals surface area contributed by atoms with E-state index in [4.69, 9.17) is 0 Å². The predicted molar refractivity (Wildman–Crippen MR) is 68.7 cm³/mol. The maximum atomic E-state index is 4.31. The van der Waals surface area contributed by atoms with Crippen LogP contribution in [0.4, 0.5) is 0 Å². The molecule has 1 aromatic heterocycles. The summed E-state index contributed by atoms with van der Waals surface area (Å²) >= 11 is 3.41. The van der Waals surface area contributed by atoms with Gasteiger partial charge >= 0.3 is 0 Å². The Balaban J connectivity index is 2.48. The van der Waals surface area contributed by atoms with Gasteiger partial charge in [0.2, 0.25) is 0 Å². The lowest BCUT2D eigenvalue weighted by Crippen LogP contribution is -2.15. The van der Waals surface area contributed by atoms with Crippen molar-refractivity contribution in [3.8, 4) is 5.69 Å². The molecule has 1 unspecified atom stereocenters. The molecule has 0 saturated carbocycles. The first-order chi connectivity index (χ1) is 7.72. The Morgan fingerprint density at radius 1 is 1.38 bits per heavy atom. The second kappa shape index (κ2) is 4.80.